The molecule has 1 amide bonds. The molecule has 7 nitrogen and oxygen atoms in total. The van der Waals surface area contributed by atoms with E-state index in [2.05, 4.69) is 5.32 Å². The lowest BCUT2D eigenvalue weighted by atomic mass is 10.2. The number of benzene rings is 1. The molecule has 0 aromatic heterocycles. The number of nitrogens with one attached hydrogen (secondary N) is 1. The van der Waals surface area contributed by atoms with Crippen LogP contribution in [0.5, 0.6) is 0 Å². The summed E-state index contributed by atoms with van der Waals surface area (Å²) < 4.78 is 13.4. The van der Waals surface area contributed by atoms with E-state index in [1.807, 2.05) is 0 Å². The summed E-state index contributed by atoms with van der Waals surface area (Å²) in [6.45, 7) is 2.62. The van der Waals surface area contributed by atoms with Gasteiger partial charge < -0.3 is 10.4 Å². The Morgan fingerprint density at radius 2 is 2.14 bits per heavy atom. The number of amides is 1. The lowest BCUT2D eigenvalue weighted by Gasteiger charge is -2.13. The fourth-order valence-corrected chi connectivity index (χ4v) is 2.61. The number of hydrogen-bond donors (Lipinski definition) is 2. The number of nitro groups is 1. The first-order chi connectivity index (χ1) is 9.72. The van der Waals surface area contributed by atoms with Crippen molar-refractivity contribution >= 4 is 29.3 Å². The van der Waals surface area contributed by atoms with Crippen molar-refractivity contribution in [1.82, 2.24) is 5.32 Å². The third-order valence-electron chi connectivity index (χ3n) is 2.52. The Kier molecular flexibility index (Phi) is 5.65. The molecule has 1 aromatic carbocycles. The molecule has 0 saturated carbocycles. The standard InChI is InChI=1S/C12H13FN2O5S/c1-6-3-11(10(15(19)20)4-8(6)13)21-5-9(12(17)18)14-7(2)16/h3-4,9H,5H2,1-2H3,(H,14,16)(H,17,18)/t9-/m0/s1. The van der Waals surface area contributed by atoms with Crippen LogP contribution in [0.3, 0.4) is 0 Å². The lowest BCUT2D eigenvalue weighted by molar-refractivity contribution is -0.387. The highest BCUT2D eigenvalue weighted by Gasteiger charge is 2.22. The average Bonchev–Trinajstić information content (AvgIpc) is 2.36. The minimum absolute atomic E-state index is 0.110. The molecule has 0 fully saturated rings. The van der Waals surface area contributed by atoms with Gasteiger partial charge in [-0.1, -0.05) is 0 Å². The van der Waals surface area contributed by atoms with E-state index in [1.54, 1.807) is 0 Å². The number of nitro benzene ring substituents is 1. The Morgan fingerprint density at radius 1 is 1.52 bits per heavy atom. The van der Waals surface area contributed by atoms with Crippen molar-refractivity contribution in [3.63, 3.8) is 0 Å². The number of carbonyl (C=O) groups is 2. The van der Waals surface area contributed by atoms with Gasteiger partial charge in [-0.25, -0.2) is 9.18 Å². The van der Waals surface area contributed by atoms with E-state index in [0.717, 1.165) is 17.8 Å². The molecular weight excluding hydrogens is 303 g/mol. The van der Waals surface area contributed by atoms with Crippen molar-refractivity contribution in [3.05, 3.63) is 33.6 Å². The zero-order chi connectivity index (χ0) is 16.2. The van der Waals surface area contributed by atoms with Gasteiger partial charge in [-0.3, -0.25) is 14.9 Å². The summed E-state index contributed by atoms with van der Waals surface area (Å²) in [7, 11) is 0. The van der Waals surface area contributed by atoms with Crippen LogP contribution in [0.1, 0.15) is 12.5 Å². The molecule has 1 atom stereocenters. The number of thioether (sulfide) groups is 1. The summed E-state index contributed by atoms with van der Waals surface area (Å²) in [6, 6.07) is 0.897. The second kappa shape index (κ2) is 7.02. The predicted molar refractivity (Wildman–Crippen MR) is 73.8 cm³/mol. The van der Waals surface area contributed by atoms with Gasteiger partial charge in [0, 0.05) is 12.7 Å². The minimum atomic E-state index is -1.25. The summed E-state index contributed by atoms with van der Waals surface area (Å²) in [6.07, 6.45) is 0. The minimum Gasteiger partial charge on any atom is -0.480 e. The molecule has 0 spiro atoms. The summed E-state index contributed by atoms with van der Waals surface area (Å²) in [5.74, 6) is -2.59. The Balaban J connectivity index is 2.96. The number of rotatable bonds is 6. The van der Waals surface area contributed by atoms with Crippen LogP contribution in [0.4, 0.5) is 10.1 Å². The van der Waals surface area contributed by atoms with Gasteiger partial charge in [0.25, 0.3) is 5.69 Å². The molecule has 1 aromatic rings. The molecule has 9 heteroatoms. The van der Waals surface area contributed by atoms with E-state index in [0.29, 0.717) is 0 Å². The van der Waals surface area contributed by atoms with Crippen LogP contribution in [0.15, 0.2) is 17.0 Å². The van der Waals surface area contributed by atoms with Gasteiger partial charge in [0.1, 0.15) is 11.9 Å². The predicted octanol–water partition coefficient (Wildman–Crippen LogP) is 1.72. The third-order valence-corrected chi connectivity index (χ3v) is 3.66. The zero-order valence-electron chi connectivity index (χ0n) is 11.3. The summed E-state index contributed by atoms with van der Waals surface area (Å²) >= 11 is 0.873. The highest BCUT2D eigenvalue weighted by atomic mass is 32.2. The van der Waals surface area contributed by atoms with Gasteiger partial charge in [0.15, 0.2) is 0 Å². The normalized spacial score (nSPS) is 11.8. The van der Waals surface area contributed by atoms with E-state index in [4.69, 9.17) is 5.11 Å². The first-order valence-corrected chi connectivity index (χ1v) is 6.78. The average molecular weight is 316 g/mol. The molecular formula is C12H13FN2O5S. The quantitative estimate of drug-likeness (QED) is 0.470. The van der Waals surface area contributed by atoms with Crippen molar-refractivity contribution in [2.24, 2.45) is 0 Å². The highest BCUT2D eigenvalue weighted by molar-refractivity contribution is 7.99. The van der Waals surface area contributed by atoms with Crippen LogP contribution >= 0.6 is 11.8 Å². The first kappa shape index (κ1) is 16.9. The largest absolute Gasteiger partial charge is 0.480 e. The summed E-state index contributed by atoms with van der Waals surface area (Å²) in [4.78, 5) is 32.2. The Labute approximate surface area is 123 Å². The van der Waals surface area contributed by atoms with Crippen LogP contribution in [0.25, 0.3) is 0 Å². The highest BCUT2D eigenvalue weighted by Crippen LogP contribution is 2.31. The van der Waals surface area contributed by atoms with Crippen molar-refractivity contribution in [2.45, 2.75) is 24.8 Å². The number of hydrogen-bond acceptors (Lipinski definition) is 5. The number of aliphatic carboxylic acids is 1. The fourth-order valence-electron chi connectivity index (χ4n) is 1.50. The van der Waals surface area contributed by atoms with E-state index in [9.17, 15) is 24.1 Å². The maximum absolute atomic E-state index is 13.4. The van der Waals surface area contributed by atoms with Gasteiger partial charge in [-0.15, -0.1) is 11.8 Å². The molecule has 0 aliphatic rings. The van der Waals surface area contributed by atoms with E-state index < -0.39 is 34.3 Å². The molecule has 0 unspecified atom stereocenters. The number of aryl methyl sites for hydroxylation is 1. The number of nitrogens with zero attached hydrogens (tertiary/aromatic N) is 1. The fraction of sp³-hybridized carbons (Fsp3) is 0.333. The monoisotopic (exact) mass is 316 g/mol. The van der Waals surface area contributed by atoms with Crippen LogP contribution in [-0.4, -0.2) is 33.7 Å². The van der Waals surface area contributed by atoms with E-state index in [-0.39, 0.29) is 16.2 Å². The van der Waals surface area contributed by atoms with Crippen LogP contribution in [-0.2, 0) is 9.59 Å². The lowest BCUT2D eigenvalue weighted by Crippen LogP contribution is -2.41. The van der Waals surface area contributed by atoms with Crippen LogP contribution in [0.2, 0.25) is 0 Å². The molecule has 0 saturated heterocycles. The molecule has 21 heavy (non-hydrogen) atoms. The summed E-state index contributed by atoms with van der Waals surface area (Å²) in [5, 5.41) is 22.1. The zero-order valence-corrected chi connectivity index (χ0v) is 12.1. The molecule has 0 aliphatic heterocycles. The van der Waals surface area contributed by atoms with Crippen molar-refractivity contribution in [2.75, 3.05) is 5.75 Å². The van der Waals surface area contributed by atoms with Crippen LogP contribution < -0.4 is 5.32 Å². The number of carboxylic acids is 1. The third kappa shape index (κ3) is 4.71. The topological polar surface area (TPSA) is 110 Å². The second-order valence-electron chi connectivity index (χ2n) is 4.23. The van der Waals surface area contributed by atoms with Gasteiger partial charge >= 0.3 is 5.97 Å². The maximum Gasteiger partial charge on any atom is 0.327 e. The summed E-state index contributed by atoms with van der Waals surface area (Å²) in [5.41, 5.74) is -0.218. The van der Waals surface area contributed by atoms with Gasteiger partial charge in [0.05, 0.1) is 15.9 Å². The Hall–Kier alpha value is -2.16. The molecule has 0 aliphatic carbocycles. The van der Waals surface area contributed by atoms with Crippen molar-refractivity contribution in [1.29, 1.82) is 0 Å². The van der Waals surface area contributed by atoms with Crippen molar-refractivity contribution in [3.8, 4) is 0 Å². The maximum atomic E-state index is 13.4. The Bertz CT molecular complexity index is 593. The molecule has 2 N–H and O–H groups in total. The van der Waals surface area contributed by atoms with Crippen molar-refractivity contribution < 1.29 is 24.0 Å². The molecule has 1 rings (SSSR count). The molecule has 0 heterocycles. The van der Waals surface area contributed by atoms with Gasteiger partial charge in [-0.2, -0.15) is 0 Å². The SMILES string of the molecule is CC(=O)N[C@@H](CSc1cc(C)c(F)cc1[N+](=O)[O-])C(=O)O. The van der Waals surface area contributed by atoms with E-state index in [1.165, 1.54) is 19.9 Å². The second-order valence-corrected chi connectivity index (χ2v) is 5.29. The van der Waals surface area contributed by atoms with Gasteiger partial charge in [-0.05, 0) is 18.6 Å². The van der Waals surface area contributed by atoms with Gasteiger partial charge in [0.2, 0.25) is 5.91 Å². The Morgan fingerprint density at radius 3 is 2.62 bits per heavy atom. The molecule has 0 radical (unpaired) electrons. The number of carbonyl (C=O) groups excluding carboxylic acids is 1. The van der Waals surface area contributed by atoms with Crippen LogP contribution in [0, 0.1) is 22.9 Å². The first-order valence-electron chi connectivity index (χ1n) is 5.79. The molecule has 114 valence electrons. The van der Waals surface area contributed by atoms with E-state index >= 15 is 0 Å². The number of carboxylic acid groups (broad SMARTS) is 1. The molecule has 0 bridgehead atoms. The smallest absolute Gasteiger partial charge is 0.327 e. The number of halogens is 1.